The van der Waals surface area contributed by atoms with Gasteiger partial charge < -0.3 is 9.05 Å². The first-order chi connectivity index (χ1) is 8.06. The zero-order valence-corrected chi connectivity index (χ0v) is 14.7. The minimum absolute atomic E-state index is 0.507. The van der Waals surface area contributed by atoms with Crippen molar-refractivity contribution in [3.63, 3.8) is 0 Å². The van der Waals surface area contributed by atoms with Crippen LogP contribution < -0.4 is 0 Å². The fourth-order valence-electron chi connectivity index (χ4n) is 0.713. The standard InChI is InChI=1S/C12H23O3PSi2/c1-9-17(5,6)11(3)14-16(13)15-12(4)18(7,8)10-2/h9-10,16H,1-4H2,5-8H3. The average molecular weight is 302 g/mol. The zero-order chi connectivity index (χ0) is 14.6. The normalized spacial score (nSPS) is 11.8. The second-order valence-electron chi connectivity index (χ2n) is 5.15. The van der Waals surface area contributed by atoms with Gasteiger partial charge in [0, 0.05) is 0 Å². The molecule has 0 heterocycles. The van der Waals surface area contributed by atoms with Crippen molar-refractivity contribution in [2.45, 2.75) is 26.2 Å². The lowest BCUT2D eigenvalue weighted by Gasteiger charge is -2.23. The first-order valence-electron chi connectivity index (χ1n) is 5.62. The van der Waals surface area contributed by atoms with Gasteiger partial charge in [-0.3, -0.25) is 0 Å². The van der Waals surface area contributed by atoms with Crippen LogP contribution in [-0.4, -0.2) is 16.1 Å². The van der Waals surface area contributed by atoms with Gasteiger partial charge in [0.2, 0.25) is 0 Å². The van der Waals surface area contributed by atoms with Gasteiger partial charge in [0.05, 0.1) is 10.8 Å². The highest BCUT2D eigenvalue weighted by Gasteiger charge is 2.27. The Labute approximate surface area is 113 Å². The van der Waals surface area contributed by atoms with E-state index in [1.807, 2.05) is 37.6 Å². The third-order valence-corrected chi connectivity index (χ3v) is 9.23. The summed E-state index contributed by atoms with van der Waals surface area (Å²) in [5, 5.41) is 1.01. The highest BCUT2D eigenvalue weighted by Crippen LogP contribution is 2.35. The van der Waals surface area contributed by atoms with Crippen LogP contribution in [0.5, 0.6) is 0 Å². The topological polar surface area (TPSA) is 35.5 Å². The summed E-state index contributed by atoms with van der Waals surface area (Å²) in [7, 11) is -6.44. The zero-order valence-electron chi connectivity index (χ0n) is 11.7. The lowest BCUT2D eigenvalue weighted by atomic mass is 11.1. The molecule has 0 aromatic carbocycles. The van der Waals surface area contributed by atoms with Crippen molar-refractivity contribution in [2.24, 2.45) is 0 Å². The molecule has 0 atom stereocenters. The van der Waals surface area contributed by atoms with E-state index in [0.29, 0.717) is 10.8 Å². The van der Waals surface area contributed by atoms with Crippen LogP contribution in [0.2, 0.25) is 26.2 Å². The van der Waals surface area contributed by atoms with Gasteiger partial charge in [0.15, 0.2) is 0 Å². The molecular formula is C12H23O3PSi2. The maximum Gasteiger partial charge on any atom is 0.417 e. The molecule has 0 N–H and O–H groups in total. The first kappa shape index (κ1) is 17.2. The average Bonchev–Trinajstić information content (AvgIpc) is 2.28. The molecule has 0 aromatic heterocycles. The van der Waals surface area contributed by atoms with Crippen molar-refractivity contribution < 1.29 is 13.6 Å². The second kappa shape index (κ2) is 6.41. The Morgan fingerprint density at radius 1 is 0.944 bits per heavy atom. The van der Waals surface area contributed by atoms with Crippen LogP contribution in [0.25, 0.3) is 0 Å². The molecule has 0 aliphatic rings. The molecule has 0 aliphatic heterocycles. The largest absolute Gasteiger partial charge is 0.428 e. The monoisotopic (exact) mass is 302 g/mol. The molecule has 0 saturated heterocycles. The smallest absolute Gasteiger partial charge is 0.417 e. The van der Waals surface area contributed by atoms with Crippen LogP contribution >= 0.6 is 8.25 Å². The molecule has 0 aliphatic carbocycles. The summed E-state index contributed by atoms with van der Waals surface area (Å²) in [5.41, 5.74) is 3.64. The summed E-state index contributed by atoms with van der Waals surface area (Å²) in [4.78, 5) is 0. The van der Waals surface area contributed by atoms with Gasteiger partial charge in [0.25, 0.3) is 0 Å². The Hall–Kier alpha value is -0.776. The minimum Gasteiger partial charge on any atom is -0.428 e. The van der Waals surface area contributed by atoms with E-state index < -0.39 is 24.4 Å². The van der Waals surface area contributed by atoms with Gasteiger partial charge in [-0.2, -0.15) is 0 Å². The van der Waals surface area contributed by atoms with Gasteiger partial charge in [-0.05, 0) is 0 Å². The summed E-state index contributed by atoms with van der Waals surface area (Å²) in [6.45, 7) is 23.1. The van der Waals surface area contributed by atoms with Crippen molar-refractivity contribution in [3.05, 3.63) is 48.5 Å². The third kappa shape index (κ3) is 4.84. The van der Waals surface area contributed by atoms with Gasteiger partial charge in [0.1, 0.15) is 16.1 Å². The molecule has 6 heteroatoms. The maximum absolute atomic E-state index is 11.8. The number of hydrogen-bond acceptors (Lipinski definition) is 3. The van der Waals surface area contributed by atoms with E-state index >= 15 is 0 Å². The Balaban J connectivity index is 4.56. The molecule has 0 aromatic rings. The van der Waals surface area contributed by atoms with Crippen LogP contribution in [0.15, 0.2) is 48.5 Å². The molecule has 0 saturated carbocycles. The van der Waals surface area contributed by atoms with Crippen LogP contribution in [0.3, 0.4) is 0 Å². The quantitative estimate of drug-likeness (QED) is 0.379. The Kier molecular flexibility index (Phi) is 6.13. The molecule has 0 bridgehead atoms. The number of rotatable bonds is 8. The molecule has 0 rings (SSSR count). The fraction of sp³-hybridized carbons (Fsp3) is 0.333. The van der Waals surface area contributed by atoms with Crippen molar-refractivity contribution in [1.82, 2.24) is 0 Å². The predicted octanol–water partition coefficient (Wildman–Crippen LogP) is 4.38. The van der Waals surface area contributed by atoms with E-state index in [4.69, 9.17) is 9.05 Å². The molecule has 0 unspecified atom stereocenters. The molecule has 0 fully saturated rings. The van der Waals surface area contributed by atoms with E-state index in [1.54, 1.807) is 0 Å². The summed E-state index contributed by atoms with van der Waals surface area (Å²) in [5.74, 6) is 0. The molecular weight excluding hydrogens is 279 g/mol. The van der Waals surface area contributed by atoms with E-state index in [-0.39, 0.29) is 0 Å². The lowest BCUT2D eigenvalue weighted by Crippen LogP contribution is -2.27. The fourth-order valence-corrected chi connectivity index (χ4v) is 4.22. The second-order valence-corrected chi connectivity index (χ2v) is 14.9. The third-order valence-electron chi connectivity index (χ3n) is 2.87. The highest BCUT2D eigenvalue weighted by atomic mass is 31.1. The van der Waals surface area contributed by atoms with Gasteiger partial charge in [-0.25, -0.2) is 4.57 Å². The summed E-state index contributed by atoms with van der Waals surface area (Å²) in [6, 6.07) is 0. The van der Waals surface area contributed by atoms with E-state index in [9.17, 15) is 4.57 Å². The lowest BCUT2D eigenvalue weighted by molar-refractivity contribution is 0.339. The number of hydrogen-bond donors (Lipinski definition) is 0. The van der Waals surface area contributed by atoms with Gasteiger partial charge in [-0.15, -0.1) is 13.2 Å². The van der Waals surface area contributed by atoms with E-state index in [2.05, 4.69) is 26.3 Å². The van der Waals surface area contributed by atoms with Crippen LogP contribution in [0.4, 0.5) is 0 Å². The molecule has 102 valence electrons. The minimum atomic E-state index is -2.65. The molecule has 0 radical (unpaired) electrons. The van der Waals surface area contributed by atoms with Crippen LogP contribution in [-0.2, 0) is 13.6 Å². The SMILES string of the molecule is C=C[Si](C)(C)C(=C)O[PH](=O)OC(=C)[Si](C)(C)C=C. The first-order valence-corrected chi connectivity index (χ1v) is 13.0. The predicted molar refractivity (Wildman–Crippen MR) is 84.8 cm³/mol. The Morgan fingerprint density at radius 3 is 1.44 bits per heavy atom. The van der Waals surface area contributed by atoms with E-state index in [0.717, 1.165) is 0 Å². The van der Waals surface area contributed by atoms with Crippen molar-refractivity contribution in [2.75, 3.05) is 0 Å². The van der Waals surface area contributed by atoms with Crippen molar-refractivity contribution in [1.29, 1.82) is 0 Å². The maximum atomic E-state index is 11.8. The van der Waals surface area contributed by atoms with Gasteiger partial charge >= 0.3 is 8.25 Å². The summed E-state index contributed by atoms with van der Waals surface area (Å²) < 4.78 is 22.3. The van der Waals surface area contributed by atoms with Crippen LogP contribution in [0.1, 0.15) is 0 Å². The van der Waals surface area contributed by atoms with Crippen molar-refractivity contribution >= 4 is 24.4 Å². The highest BCUT2D eigenvalue weighted by molar-refractivity contribution is 7.34. The Morgan fingerprint density at radius 2 is 1.22 bits per heavy atom. The molecule has 3 nitrogen and oxygen atoms in total. The van der Waals surface area contributed by atoms with E-state index in [1.165, 1.54) is 0 Å². The summed E-state index contributed by atoms with van der Waals surface area (Å²) >= 11 is 0. The van der Waals surface area contributed by atoms with Gasteiger partial charge in [-0.1, -0.05) is 50.7 Å². The molecule has 18 heavy (non-hydrogen) atoms. The van der Waals surface area contributed by atoms with Crippen LogP contribution in [0, 0.1) is 0 Å². The van der Waals surface area contributed by atoms with Crippen molar-refractivity contribution in [3.8, 4) is 0 Å². The Bertz CT molecular complexity index is 364. The summed E-state index contributed by atoms with van der Waals surface area (Å²) in [6.07, 6.45) is 0. The molecule has 0 amide bonds. The molecule has 0 spiro atoms.